The Morgan fingerprint density at radius 1 is 0.857 bits per heavy atom. The van der Waals surface area contributed by atoms with Gasteiger partial charge >= 0.3 is 0 Å². The molecule has 0 spiro atoms. The summed E-state index contributed by atoms with van der Waals surface area (Å²) in [5.41, 5.74) is 5.58. The number of rotatable bonds is 6. The molecular weight excluding hydrogens is 443 g/mol. The van der Waals surface area contributed by atoms with Gasteiger partial charge in [-0.15, -0.1) is 5.10 Å². The lowest BCUT2D eigenvalue weighted by Gasteiger charge is -2.14. The van der Waals surface area contributed by atoms with Crippen molar-refractivity contribution in [2.45, 2.75) is 6.92 Å². The minimum atomic E-state index is -0.315. The minimum absolute atomic E-state index is 0.315. The number of nitrogens with one attached hydrogen (secondary N) is 1. The highest BCUT2D eigenvalue weighted by Gasteiger charge is 2.09. The van der Waals surface area contributed by atoms with Crippen molar-refractivity contribution in [1.29, 1.82) is 0 Å². The van der Waals surface area contributed by atoms with Crippen LogP contribution in [0.2, 0.25) is 0 Å². The van der Waals surface area contributed by atoms with Gasteiger partial charge in [0.2, 0.25) is 5.95 Å². The third kappa shape index (κ3) is 4.98. The van der Waals surface area contributed by atoms with Gasteiger partial charge < -0.3 is 10.2 Å². The molecule has 0 saturated heterocycles. The summed E-state index contributed by atoms with van der Waals surface area (Å²) in [5.74, 6) is 0.741. The lowest BCUT2D eigenvalue weighted by molar-refractivity contribution is 0.628. The van der Waals surface area contributed by atoms with E-state index in [1.54, 1.807) is 29.5 Å². The molecule has 5 rings (SSSR count). The second-order valence-corrected chi connectivity index (χ2v) is 8.23. The molecule has 3 heterocycles. The highest BCUT2D eigenvalue weighted by atomic mass is 19.1. The average molecular weight is 467 g/mol. The lowest BCUT2D eigenvalue weighted by Crippen LogP contribution is -2.09. The molecule has 174 valence electrons. The van der Waals surface area contributed by atoms with Crippen LogP contribution in [-0.2, 0) is 0 Å². The summed E-state index contributed by atoms with van der Waals surface area (Å²) in [7, 11) is 3.74. The van der Waals surface area contributed by atoms with Crippen molar-refractivity contribution in [3.05, 3.63) is 90.9 Å². The molecule has 5 aromatic rings. The number of hydrogen-bond donors (Lipinski definition) is 1. The van der Waals surface area contributed by atoms with Gasteiger partial charge in [0.15, 0.2) is 5.82 Å². The quantitative estimate of drug-likeness (QED) is 0.375. The first-order valence-electron chi connectivity index (χ1n) is 11.0. The number of benzene rings is 2. The van der Waals surface area contributed by atoms with Crippen LogP contribution in [0.5, 0.6) is 0 Å². The minimum Gasteiger partial charge on any atom is -0.378 e. The van der Waals surface area contributed by atoms with E-state index < -0.39 is 0 Å². The Bertz CT molecular complexity index is 1480. The molecule has 8 nitrogen and oxygen atoms in total. The molecule has 0 bridgehead atoms. The van der Waals surface area contributed by atoms with Crippen LogP contribution in [0.1, 0.15) is 5.69 Å². The lowest BCUT2D eigenvalue weighted by atomic mass is 10.1. The Balaban J connectivity index is 1.34. The molecule has 1 N–H and O–H groups in total. The molecule has 0 atom stereocenters. The fourth-order valence-corrected chi connectivity index (χ4v) is 3.59. The number of aromatic nitrogens is 6. The first-order valence-corrected chi connectivity index (χ1v) is 11.0. The van der Waals surface area contributed by atoms with Crippen molar-refractivity contribution >= 4 is 17.3 Å². The van der Waals surface area contributed by atoms with Gasteiger partial charge in [0.1, 0.15) is 12.1 Å². The zero-order chi connectivity index (χ0) is 24.4. The molecule has 0 aliphatic heterocycles. The Kier molecular flexibility index (Phi) is 5.88. The van der Waals surface area contributed by atoms with Gasteiger partial charge in [-0.3, -0.25) is 4.98 Å². The van der Waals surface area contributed by atoms with E-state index in [9.17, 15) is 4.39 Å². The molecule has 0 aliphatic rings. The third-order valence-corrected chi connectivity index (χ3v) is 5.38. The van der Waals surface area contributed by atoms with Crippen LogP contribution < -0.4 is 10.2 Å². The fraction of sp³-hybridized carbons (Fsp3) is 0.115. The summed E-state index contributed by atoms with van der Waals surface area (Å²) < 4.78 is 15.8. The number of halogens is 1. The smallest absolute Gasteiger partial charge is 0.227 e. The molecule has 0 fully saturated rings. The first kappa shape index (κ1) is 22.1. The summed E-state index contributed by atoms with van der Waals surface area (Å²) in [6, 6.07) is 18.1. The molecule has 0 saturated carbocycles. The maximum absolute atomic E-state index is 14.1. The van der Waals surface area contributed by atoms with E-state index in [0.29, 0.717) is 23.0 Å². The number of aryl methyl sites for hydroxylation is 1. The van der Waals surface area contributed by atoms with E-state index in [2.05, 4.69) is 30.4 Å². The Morgan fingerprint density at radius 3 is 2.43 bits per heavy atom. The molecule has 3 aromatic heterocycles. The van der Waals surface area contributed by atoms with Gasteiger partial charge in [-0.25, -0.2) is 24.0 Å². The van der Waals surface area contributed by atoms with Crippen LogP contribution in [0.15, 0.2) is 79.4 Å². The zero-order valence-electron chi connectivity index (χ0n) is 19.5. The third-order valence-electron chi connectivity index (χ3n) is 5.38. The van der Waals surface area contributed by atoms with Gasteiger partial charge in [-0.1, -0.05) is 0 Å². The molecule has 0 aliphatic carbocycles. The van der Waals surface area contributed by atoms with E-state index in [1.807, 2.05) is 68.4 Å². The zero-order valence-corrected chi connectivity index (χ0v) is 19.5. The Labute approximate surface area is 202 Å². The predicted molar refractivity (Wildman–Crippen MR) is 134 cm³/mol. The van der Waals surface area contributed by atoms with Crippen molar-refractivity contribution in [2.24, 2.45) is 0 Å². The molecule has 35 heavy (non-hydrogen) atoms. The van der Waals surface area contributed by atoms with Crippen LogP contribution >= 0.6 is 0 Å². The van der Waals surface area contributed by atoms with E-state index in [-0.39, 0.29) is 5.82 Å². The highest BCUT2D eigenvalue weighted by Crippen LogP contribution is 2.25. The van der Waals surface area contributed by atoms with Gasteiger partial charge in [-0.05, 0) is 67.6 Å². The standard InChI is InChI=1S/C26H23FN8/c1-17-12-18(8-10-28-17)25-30-16-35(33-25)22-6-4-21(5-7-22)31-26-29-11-9-24(32-26)19-13-20(27)15-23(14-19)34(2)3/h4-16H,1-3H3,(H,29,31,32). The van der Waals surface area contributed by atoms with Gasteiger partial charge in [0.05, 0.1) is 11.4 Å². The molecule has 0 amide bonds. The van der Waals surface area contributed by atoms with Gasteiger partial charge in [-0.2, -0.15) is 0 Å². The maximum Gasteiger partial charge on any atom is 0.227 e. The number of anilines is 3. The summed E-state index contributed by atoms with van der Waals surface area (Å²) >= 11 is 0. The largest absolute Gasteiger partial charge is 0.378 e. The van der Waals surface area contributed by atoms with Crippen molar-refractivity contribution in [3.63, 3.8) is 0 Å². The van der Waals surface area contributed by atoms with Crippen molar-refractivity contribution < 1.29 is 4.39 Å². The van der Waals surface area contributed by atoms with E-state index in [0.717, 1.165) is 28.3 Å². The normalized spacial score (nSPS) is 10.9. The SMILES string of the molecule is Cc1cc(-c2ncn(-c3ccc(Nc4nccc(-c5cc(F)cc(N(C)C)c5)n4)cc3)n2)ccn1. The fourth-order valence-electron chi connectivity index (χ4n) is 3.59. The van der Waals surface area contributed by atoms with E-state index >= 15 is 0 Å². The Hall–Kier alpha value is -4.66. The average Bonchev–Trinajstić information content (AvgIpc) is 3.35. The number of pyridine rings is 1. The first-order chi connectivity index (χ1) is 16.9. The van der Waals surface area contributed by atoms with Gasteiger partial charge in [0.25, 0.3) is 0 Å². The molecule has 0 radical (unpaired) electrons. The van der Waals surface area contributed by atoms with Crippen LogP contribution in [0.25, 0.3) is 28.3 Å². The van der Waals surface area contributed by atoms with Crippen LogP contribution in [0.3, 0.4) is 0 Å². The number of nitrogens with zero attached hydrogens (tertiary/aromatic N) is 7. The van der Waals surface area contributed by atoms with E-state index in [4.69, 9.17) is 0 Å². The number of hydrogen-bond acceptors (Lipinski definition) is 7. The van der Waals surface area contributed by atoms with Crippen LogP contribution in [-0.4, -0.2) is 43.8 Å². The second kappa shape index (κ2) is 9.30. The molecule has 9 heteroatoms. The highest BCUT2D eigenvalue weighted by molar-refractivity contribution is 5.67. The van der Waals surface area contributed by atoms with Crippen molar-refractivity contribution in [2.75, 3.05) is 24.3 Å². The summed E-state index contributed by atoms with van der Waals surface area (Å²) in [4.78, 5) is 19.3. The monoisotopic (exact) mass is 466 g/mol. The maximum atomic E-state index is 14.1. The molecule has 0 unspecified atom stereocenters. The second-order valence-electron chi connectivity index (χ2n) is 8.23. The molecule has 2 aromatic carbocycles. The van der Waals surface area contributed by atoms with Crippen molar-refractivity contribution in [3.8, 4) is 28.3 Å². The van der Waals surface area contributed by atoms with Crippen LogP contribution in [0, 0.1) is 12.7 Å². The summed E-state index contributed by atoms with van der Waals surface area (Å²) in [6.45, 7) is 1.94. The van der Waals surface area contributed by atoms with Crippen LogP contribution in [0.4, 0.5) is 21.7 Å². The van der Waals surface area contributed by atoms with E-state index in [1.165, 1.54) is 12.1 Å². The topological polar surface area (TPSA) is 84.7 Å². The summed E-state index contributed by atoms with van der Waals surface area (Å²) in [5, 5.41) is 7.78. The summed E-state index contributed by atoms with van der Waals surface area (Å²) in [6.07, 6.45) is 5.08. The predicted octanol–water partition coefficient (Wildman–Crippen LogP) is 5.04. The van der Waals surface area contributed by atoms with Crippen molar-refractivity contribution in [1.82, 2.24) is 29.7 Å². The Morgan fingerprint density at radius 2 is 1.66 bits per heavy atom. The molecular formula is C26H23FN8. The van der Waals surface area contributed by atoms with Gasteiger partial charge in [0, 0.05) is 54.7 Å².